The molecule has 1 aromatic heterocycles. The van der Waals surface area contributed by atoms with Crippen LogP contribution in [-0.2, 0) is 0 Å². The van der Waals surface area contributed by atoms with Gasteiger partial charge in [-0.3, -0.25) is 4.90 Å². The van der Waals surface area contributed by atoms with E-state index in [-0.39, 0.29) is 6.04 Å². The van der Waals surface area contributed by atoms with Crippen LogP contribution in [0.3, 0.4) is 0 Å². The highest BCUT2D eigenvalue weighted by Gasteiger charge is 2.26. The normalized spacial score (nSPS) is 17.5. The molecule has 3 nitrogen and oxygen atoms in total. The number of aromatic nitrogens is 1. The van der Waals surface area contributed by atoms with E-state index in [2.05, 4.69) is 72.6 Å². The fourth-order valence-corrected chi connectivity index (χ4v) is 4.84. The standard InChI is InChI=1S/C22H27N3S/c1-16(2)17-8-10-18(11-9-17)21(25-14-5-12-23-13-15-25)22-24-19-6-3-4-7-20(19)26-22/h3-4,6-11,16,21,23H,5,12-15H2,1-2H3. The Balaban J connectivity index is 1.75. The fraction of sp³-hybridized carbons (Fsp3) is 0.409. The minimum atomic E-state index is 0.244. The second-order valence-electron chi connectivity index (χ2n) is 7.38. The average Bonchev–Trinajstić information content (AvgIpc) is 2.89. The van der Waals surface area contributed by atoms with Crippen LogP contribution < -0.4 is 5.32 Å². The highest BCUT2D eigenvalue weighted by Crippen LogP contribution is 2.35. The van der Waals surface area contributed by atoms with Crippen molar-refractivity contribution >= 4 is 21.6 Å². The van der Waals surface area contributed by atoms with Gasteiger partial charge in [0.05, 0.1) is 16.3 Å². The smallest absolute Gasteiger partial charge is 0.116 e. The zero-order valence-electron chi connectivity index (χ0n) is 15.6. The van der Waals surface area contributed by atoms with Crippen molar-refractivity contribution in [2.24, 2.45) is 0 Å². The number of nitrogens with zero attached hydrogens (tertiary/aromatic N) is 2. The monoisotopic (exact) mass is 365 g/mol. The van der Waals surface area contributed by atoms with Crippen molar-refractivity contribution in [2.75, 3.05) is 26.2 Å². The van der Waals surface area contributed by atoms with Crippen molar-refractivity contribution < 1.29 is 0 Å². The first-order valence-corrected chi connectivity index (χ1v) is 10.4. The fourth-order valence-electron chi connectivity index (χ4n) is 3.70. The predicted octanol–water partition coefficient (Wildman–Crippen LogP) is 4.80. The van der Waals surface area contributed by atoms with Gasteiger partial charge < -0.3 is 5.32 Å². The van der Waals surface area contributed by atoms with Gasteiger partial charge in [-0.25, -0.2) is 4.98 Å². The van der Waals surface area contributed by atoms with Crippen LogP contribution in [0.5, 0.6) is 0 Å². The zero-order valence-corrected chi connectivity index (χ0v) is 16.4. The van der Waals surface area contributed by atoms with Gasteiger partial charge in [-0.1, -0.05) is 50.2 Å². The molecule has 2 heterocycles. The quantitative estimate of drug-likeness (QED) is 0.719. The summed E-state index contributed by atoms with van der Waals surface area (Å²) in [5.74, 6) is 0.562. The average molecular weight is 366 g/mol. The molecule has 1 saturated heterocycles. The third-order valence-electron chi connectivity index (χ3n) is 5.20. The first-order valence-electron chi connectivity index (χ1n) is 9.62. The largest absolute Gasteiger partial charge is 0.315 e. The van der Waals surface area contributed by atoms with E-state index in [1.807, 2.05) is 11.3 Å². The summed E-state index contributed by atoms with van der Waals surface area (Å²) in [4.78, 5) is 7.61. The summed E-state index contributed by atoms with van der Waals surface area (Å²) in [6.45, 7) is 8.83. The highest BCUT2D eigenvalue weighted by molar-refractivity contribution is 7.18. The van der Waals surface area contributed by atoms with Gasteiger partial charge in [-0.2, -0.15) is 0 Å². The van der Waals surface area contributed by atoms with E-state index >= 15 is 0 Å². The molecule has 0 saturated carbocycles. The van der Waals surface area contributed by atoms with Gasteiger partial charge in [0.1, 0.15) is 5.01 Å². The van der Waals surface area contributed by atoms with Crippen LogP contribution in [0.25, 0.3) is 10.2 Å². The summed E-state index contributed by atoms with van der Waals surface area (Å²) < 4.78 is 1.28. The third kappa shape index (κ3) is 3.68. The van der Waals surface area contributed by atoms with E-state index in [4.69, 9.17) is 4.98 Å². The van der Waals surface area contributed by atoms with Gasteiger partial charge in [-0.15, -0.1) is 11.3 Å². The van der Waals surface area contributed by atoms with Gasteiger partial charge in [-0.05, 0) is 42.1 Å². The molecule has 0 spiro atoms. The molecule has 1 atom stereocenters. The van der Waals surface area contributed by atoms with E-state index in [0.717, 1.165) is 31.7 Å². The molecular weight excluding hydrogens is 338 g/mol. The number of para-hydroxylation sites is 1. The van der Waals surface area contributed by atoms with Crippen LogP contribution in [0, 0.1) is 0 Å². The molecule has 1 N–H and O–H groups in total. The Morgan fingerprint density at radius 2 is 1.73 bits per heavy atom. The Morgan fingerprint density at radius 3 is 2.50 bits per heavy atom. The van der Waals surface area contributed by atoms with Crippen LogP contribution in [0.4, 0.5) is 0 Å². The van der Waals surface area contributed by atoms with E-state index in [1.54, 1.807) is 0 Å². The predicted molar refractivity (Wildman–Crippen MR) is 111 cm³/mol. The third-order valence-corrected chi connectivity index (χ3v) is 6.29. The molecule has 1 unspecified atom stereocenters. The second kappa shape index (κ2) is 7.87. The van der Waals surface area contributed by atoms with Crippen LogP contribution in [0.2, 0.25) is 0 Å². The van der Waals surface area contributed by atoms with Crippen LogP contribution in [0.15, 0.2) is 48.5 Å². The maximum absolute atomic E-state index is 5.01. The maximum Gasteiger partial charge on any atom is 0.116 e. The Kier molecular flexibility index (Phi) is 5.34. The summed E-state index contributed by atoms with van der Waals surface area (Å²) in [7, 11) is 0. The first kappa shape index (κ1) is 17.7. The number of rotatable bonds is 4. The number of thiazole rings is 1. The lowest BCUT2D eigenvalue weighted by Crippen LogP contribution is -2.33. The van der Waals surface area contributed by atoms with Gasteiger partial charge in [0.15, 0.2) is 0 Å². The summed E-state index contributed by atoms with van der Waals surface area (Å²) >= 11 is 1.84. The SMILES string of the molecule is CC(C)c1ccc(C(c2nc3ccccc3s2)N2CCCNCC2)cc1. The summed E-state index contributed by atoms with van der Waals surface area (Å²) in [6.07, 6.45) is 1.19. The molecule has 2 aromatic carbocycles. The number of fused-ring (bicyclic) bond motifs is 1. The Bertz CT molecular complexity index is 812. The summed E-state index contributed by atoms with van der Waals surface area (Å²) in [6, 6.07) is 17.9. The molecule has 26 heavy (non-hydrogen) atoms. The minimum absolute atomic E-state index is 0.244. The van der Waals surface area contributed by atoms with E-state index in [9.17, 15) is 0 Å². The summed E-state index contributed by atoms with van der Waals surface area (Å²) in [5.41, 5.74) is 3.87. The molecule has 4 rings (SSSR count). The maximum atomic E-state index is 5.01. The lowest BCUT2D eigenvalue weighted by molar-refractivity contribution is 0.241. The van der Waals surface area contributed by atoms with Crippen molar-refractivity contribution in [3.8, 4) is 0 Å². The Labute approximate surface area is 160 Å². The van der Waals surface area contributed by atoms with E-state index in [0.29, 0.717) is 5.92 Å². The summed E-state index contributed by atoms with van der Waals surface area (Å²) in [5, 5.41) is 4.74. The first-order chi connectivity index (χ1) is 12.7. The van der Waals surface area contributed by atoms with Crippen LogP contribution in [0.1, 0.15) is 48.4 Å². The molecule has 4 heteroatoms. The zero-order chi connectivity index (χ0) is 17.9. The number of hydrogen-bond acceptors (Lipinski definition) is 4. The van der Waals surface area contributed by atoms with Gasteiger partial charge in [0, 0.05) is 19.6 Å². The second-order valence-corrected chi connectivity index (χ2v) is 8.45. The lowest BCUT2D eigenvalue weighted by Gasteiger charge is -2.29. The van der Waals surface area contributed by atoms with Crippen molar-refractivity contribution in [3.63, 3.8) is 0 Å². The molecule has 0 aliphatic carbocycles. The van der Waals surface area contributed by atoms with Crippen LogP contribution in [-0.4, -0.2) is 36.1 Å². The molecule has 0 bridgehead atoms. The molecule has 0 radical (unpaired) electrons. The van der Waals surface area contributed by atoms with Crippen molar-refractivity contribution in [1.82, 2.24) is 15.2 Å². The number of hydrogen-bond donors (Lipinski definition) is 1. The van der Waals surface area contributed by atoms with Crippen molar-refractivity contribution in [2.45, 2.75) is 32.2 Å². The lowest BCUT2D eigenvalue weighted by atomic mass is 9.98. The number of nitrogens with one attached hydrogen (secondary N) is 1. The molecule has 1 fully saturated rings. The Morgan fingerprint density at radius 1 is 0.962 bits per heavy atom. The van der Waals surface area contributed by atoms with Crippen molar-refractivity contribution in [1.29, 1.82) is 0 Å². The molecule has 0 amide bonds. The number of benzene rings is 2. The molecule has 1 aliphatic heterocycles. The molecular formula is C22H27N3S. The molecule has 1 aliphatic rings. The van der Waals surface area contributed by atoms with Gasteiger partial charge >= 0.3 is 0 Å². The van der Waals surface area contributed by atoms with Gasteiger partial charge in [0.25, 0.3) is 0 Å². The molecule has 3 aromatic rings. The highest BCUT2D eigenvalue weighted by atomic mass is 32.1. The minimum Gasteiger partial charge on any atom is -0.315 e. The molecule has 136 valence electrons. The van der Waals surface area contributed by atoms with Crippen LogP contribution >= 0.6 is 11.3 Å². The van der Waals surface area contributed by atoms with E-state index in [1.165, 1.54) is 27.3 Å². The van der Waals surface area contributed by atoms with E-state index < -0.39 is 0 Å². The Hall–Kier alpha value is -1.75. The van der Waals surface area contributed by atoms with Gasteiger partial charge in [0.2, 0.25) is 0 Å². The topological polar surface area (TPSA) is 28.2 Å². The van der Waals surface area contributed by atoms with Crippen molar-refractivity contribution in [3.05, 3.63) is 64.7 Å².